The molecule has 0 N–H and O–H groups in total. The Morgan fingerprint density at radius 1 is 1.00 bits per heavy atom. The number of likely N-dealkylation sites (N-methyl/N-ethyl adjacent to an activating group) is 1. The van der Waals surface area contributed by atoms with Crippen LogP contribution in [-0.2, 0) is 9.59 Å². The van der Waals surface area contributed by atoms with Crippen molar-refractivity contribution in [2.24, 2.45) is 11.8 Å². The molecule has 2 amide bonds. The van der Waals surface area contributed by atoms with E-state index in [0.717, 1.165) is 42.8 Å². The lowest BCUT2D eigenvalue weighted by Crippen LogP contribution is -2.51. The third kappa shape index (κ3) is 5.76. The summed E-state index contributed by atoms with van der Waals surface area (Å²) < 4.78 is 7.30. The normalized spacial score (nSPS) is 25.3. The number of hydrogen-bond acceptors (Lipinski definition) is 4. The highest BCUT2D eigenvalue weighted by Gasteiger charge is 2.37. The third-order valence-electron chi connectivity index (χ3n) is 6.55. The smallest absolute Gasteiger partial charge is 0.223 e. The average Bonchev–Trinajstić information content (AvgIpc) is 3.53. The summed E-state index contributed by atoms with van der Waals surface area (Å²) in [6, 6.07) is 7.84. The Labute approximate surface area is 187 Å². The number of amides is 2. The molecule has 3 fully saturated rings. The maximum atomic E-state index is 13.0. The predicted octanol–water partition coefficient (Wildman–Crippen LogP) is 3.01. The summed E-state index contributed by atoms with van der Waals surface area (Å²) in [5.74, 6) is 1.85. The first-order valence-corrected chi connectivity index (χ1v) is 11.9. The summed E-state index contributed by atoms with van der Waals surface area (Å²) in [5, 5.41) is 0. The summed E-state index contributed by atoms with van der Waals surface area (Å²) in [7, 11) is 2.09. The van der Waals surface area contributed by atoms with Crippen molar-refractivity contribution in [2.75, 3.05) is 46.3 Å². The van der Waals surface area contributed by atoms with E-state index < -0.39 is 0 Å². The summed E-state index contributed by atoms with van der Waals surface area (Å²) in [5.41, 5.74) is 0. The van der Waals surface area contributed by atoms with Gasteiger partial charge < -0.3 is 19.4 Å². The Morgan fingerprint density at radius 3 is 2.43 bits per heavy atom. The lowest BCUT2D eigenvalue weighted by atomic mass is 9.90. The van der Waals surface area contributed by atoms with Gasteiger partial charge in [-0.25, -0.2) is 0 Å². The minimum absolute atomic E-state index is 0.0213. The zero-order valence-electron chi connectivity index (χ0n) is 17.8. The van der Waals surface area contributed by atoms with E-state index in [1.165, 1.54) is 12.8 Å². The quantitative estimate of drug-likeness (QED) is 0.631. The van der Waals surface area contributed by atoms with Crippen molar-refractivity contribution in [1.82, 2.24) is 14.7 Å². The Hall–Kier alpha value is -1.60. The van der Waals surface area contributed by atoms with Gasteiger partial charge in [0.15, 0.2) is 0 Å². The Kier molecular flexibility index (Phi) is 6.98. The van der Waals surface area contributed by atoms with Gasteiger partial charge in [-0.05, 0) is 44.0 Å². The molecule has 0 spiro atoms. The van der Waals surface area contributed by atoms with Crippen LogP contribution in [0.4, 0.5) is 0 Å². The Morgan fingerprint density at radius 2 is 1.73 bits per heavy atom. The molecule has 2 heterocycles. The number of benzene rings is 1. The van der Waals surface area contributed by atoms with Crippen LogP contribution in [0.25, 0.3) is 0 Å². The van der Waals surface area contributed by atoms with E-state index in [1.807, 2.05) is 34.1 Å². The van der Waals surface area contributed by atoms with Crippen molar-refractivity contribution in [1.29, 1.82) is 0 Å². The number of carbonyl (C=O) groups excluding carboxylic acids is 2. The monoisotopic (exact) mass is 477 g/mol. The molecule has 0 unspecified atom stereocenters. The molecular formula is C23H32BrN3O3. The number of likely N-dealkylation sites (tertiary alicyclic amines) is 1. The molecule has 1 saturated carbocycles. The lowest BCUT2D eigenvalue weighted by Gasteiger charge is -2.40. The fourth-order valence-electron chi connectivity index (χ4n) is 4.41. The first kappa shape index (κ1) is 21.6. The van der Waals surface area contributed by atoms with Crippen LogP contribution >= 0.6 is 15.9 Å². The average molecular weight is 478 g/mol. The van der Waals surface area contributed by atoms with Crippen LogP contribution in [-0.4, -0.2) is 78.9 Å². The molecule has 1 aromatic carbocycles. The molecule has 0 radical (unpaired) electrons. The molecule has 2 atom stereocenters. The summed E-state index contributed by atoms with van der Waals surface area (Å²) >= 11 is 3.50. The number of halogens is 1. The first-order valence-electron chi connectivity index (χ1n) is 11.1. The van der Waals surface area contributed by atoms with Gasteiger partial charge in [-0.1, -0.05) is 22.0 Å². The van der Waals surface area contributed by atoms with Crippen LogP contribution in [0.3, 0.4) is 0 Å². The summed E-state index contributed by atoms with van der Waals surface area (Å²) in [4.78, 5) is 31.9. The van der Waals surface area contributed by atoms with E-state index in [9.17, 15) is 9.59 Å². The fourth-order valence-corrected chi connectivity index (χ4v) is 4.79. The molecule has 7 heteroatoms. The molecule has 1 aliphatic carbocycles. The van der Waals surface area contributed by atoms with Gasteiger partial charge in [0.25, 0.3) is 0 Å². The number of hydrogen-bond donors (Lipinski definition) is 0. The molecule has 1 aromatic rings. The predicted molar refractivity (Wildman–Crippen MR) is 119 cm³/mol. The van der Waals surface area contributed by atoms with Gasteiger partial charge in [0.2, 0.25) is 11.8 Å². The van der Waals surface area contributed by atoms with Crippen LogP contribution in [0.15, 0.2) is 28.7 Å². The second-order valence-electron chi connectivity index (χ2n) is 9.04. The molecule has 4 rings (SSSR count). The van der Waals surface area contributed by atoms with E-state index in [4.69, 9.17) is 4.74 Å². The minimum atomic E-state index is -0.0549. The second-order valence-corrected chi connectivity index (χ2v) is 9.95. The molecular weight excluding hydrogens is 446 g/mol. The van der Waals surface area contributed by atoms with Gasteiger partial charge >= 0.3 is 0 Å². The molecule has 3 aliphatic rings. The minimum Gasteiger partial charge on any atom is -0.490 e. The van der Waals surface area contributed by atoms with Gasteiger partial charge in [-0.15, -0.1) is 0 Å². The molecule has 30 heavy (non-hydrogen) atoms. The summed E-state index contributed by atoms with van der Waals surface area (Å²) in [6.07, 6.45) is 4.18. The standard InChI is InChI=1S/C23H32BrN3O3/c1-25-9-11-26(12-10-25)23(29)14-18-16-27(22(28)13-17-5-6-17)8-7-21(18)30-20-4-2-3-19(24)15-20/h2-4,15,17-18,21H,5-14,16H2,1H3/t18-,21-/m0/s1. The highest BCUT2D eigenvalue weighted by Crippen LogP contribution is 2.34. The maximum Gasteiger partial charge on any atom is 0.223 e. The zero-order chi connectivity index (χ0) is 21.1. The van der Waals surface area contributed by atoms with E-state index in [0.29, 0.717) is 31.8 Å². The van der Waals surface area contributed by atoms with E-state index >= 15 is 0 Å². The van der Waals surface area contributed by atoms with Crippen molar-refractivity contribution < 1.29 is 14.3 Å². The van der Waals surface area contributed by atoms with Crippen molar-refractivity contribution in [3.05, 3.63) is 28.7 Å². The molecule has 2 saturated heterocycles. The highest BCUT2D eigenvalue weighted by atomic mass is 79.9. The zero-order valence-corrected chi connectivity index (χ0v) is 19.3. The Bertz CT molecular complexity index is 762. The van der Waals surface area contributed by atoms with Crippen LogP contribution < -0.4 is 4.74 Å². The van der Waals surface area contributed by atoms with Crippen molar-refractivity contribution in [3.8, 4) is 5.75 Å². The fraction of sp³-hybridized carbons (Fsp3) is 0.652. The van der Waals surface area contributed by atoms with Gasteiger partial charge in [0, 0.05) is 68.9 Å². The molecule has 2 aliphatic heterocycles. The van der Waals surface area contributed by atoms with Gasteiger partial charge in [0.05, 0.1) is 0 Å². The first-order chi connectivity index (χ1) is 14.5. The van der Waals surface area contributed by atoms with Crippen LogP contribution in [0.1, 0.15) is 32.1 Å². The molecule has 164 valence electrons. The van der Waals surface area contributed by atoms with Crippen molar-refractivity contribution >= 4 is 27.7 Å². The van der Waals surface area contributed by atoms with E-state index in [1.54, 1.807) is 0 Å². The number of ether oxygens (including phenoxy) is 1. The van der Waals surface area contributed by atoms with Gasteiger partial charge in [0.1, 0.15) is 11.9 Å². The topological polar surface area (TPSA) is 53.1 Å². The van der Waals surface area contributed by atoms with Crippen LogP contribution in [0.5, 0.6) is 5.75 Å². The SMILES string of the molecule is CN1CCN(C(=O)C[C@H]2CN(C(=O)CC3CC3)CC[C@@H]2Oc2cccc(Br)c2)CC1. The maximum absolute atomic E-state index is 13.0. The van der Waals surface area contributed by atoms with Crippen molar-refractivity contribution in [2.45, 2.75) is 38.2 Å². The van der Waals surface area contributed by atoms with Crippen LogP contribution in [0, 0.1) is 11.8 Å². The third-order valence-corrected chi connectivity index (χ3v) is 7.05. The molecule has 0 bridgehead atoms. The largest absolute Gasteiger partial charge is 0.490 e. The molecule has 0 aromatic heterocycles. The van der Waals surface area contributed by atoms with Crippen LogP contribution in [0.2, 0.25) is 0 Å². The second kappa shape index (κ2) is 9.69. The van der Waals surface area contributed by atoms with E-state index in [2.05, 4.69) is 27.9 Å². The molecule has 6 nitrogen and oxygen atoms in total. The van der Waals surface area contributed by atoms with Gasteiger partial charge in [-0.3, -0.25) is 9.59 Å². The van der Waals surface area contributed by atoms with Crippen molar-refractivity contribution in [3.63, 3.8) is 0 Å². The number of piperidine rings is 1. The van der Waals surface area contributed by atoms with E-state index in [-0.39, 0.29) is 23.8 Å². The number of rotatable bonds is 6. The number of carbonyl (C=O) groups is 2. The lowest BCUT2D eigenvalue weighted by molar-refractivity contribution is -0.140. The highest BCUT2D eigenvalue weighted by molar-refractivity contribution is 9.10. The Balaban J connectivity index is 1.42. The number of nitrogens with zero attached hydrogens (tertiary/aromatic N) is 3. The van der Waals surface area contributed by atoms with Gasteiger partial charge in [-0.2, -0.15) is 0 Å². The summed E-state index contributed by atoms with van der Waals surface area (Å²) in [6.45, 7) is 4.72. The number of piperazine rings is 1.